The van der Waals surface area contributed by atoms with Gasteiger partial charge < -0.3 is 19.3 Å². The highest BCUT2D eigenvalue weighted by Crippen LogP contribution is 2.42. The SMILES string of the molecule is CCCCC(CC)COC(=O)OCC(ON1C(C)(C)CC(OC(=O)c2ccccc2C(=O)O)CC1(C)C)c1ccccc1. The third kappa shape index (κ3) is 9.53. The summed E-state index contributed by atoms with van der Waals surface area (Å²) in [7, 11) is 0. The summed E-state index contributed by atoms with van der Waals surface area (Å²) < 4.78 is 16.9. The summed E-state index contributed by atoms with van der Waals surface area (Å²) >= 11 is 0. The van der Waals surface area contributed by atoms with Gasteiger partial charge in [0.2, 0.25) is 0 Å². The molecule has 2 atom stereocenters. The minimum Gasteiger partial charge on any atom is -0.478 e. The molecule has 236 valence electrons. The maximum absolute atomic E-state index is 13.0. The van der Waals surface area contributed by atoms with E-state index < -0.39 is 41.4 Å². The number of aromatic carboxylic acids is 1. The molecule has 2 aromatic rings. The topological polar surface area (TPSA) is 112 Å². The molecule has 1 saturated heterocycles. The van der Waals surface area contributed by atoms with Crippen LogP contribution in [-0.2, 0) is 19.0 Å². The third-order valence-electron chi connectivity index (χ3n) is 7.94. The van der Waals surface area contributed by atoms with Crippen molar-refractivity contribution in [2.45, 2.75) is 103 Å². The molecule has 9 heteroatoms. The molecule has 0 radical (unpaired) electrons. The molecule has 0 aromatic heterocycles. The van der Waals surface area contributed by atoms with Crippen LogP contribution in [0.2, 0.25) is 0 Å². The highest BCUT2D eigenvalue weighted by Gasteiger charge is 2.49. The first kappa shape index (κ1) is 34.1. The summed E-state index contributed by atoms with van der Waals surface area (Å²) in [4.78, 5) is 43.8. The van der Waals surface area contributed by atoms with E-state index in [1.165, 1.54) is 12.1 Å². The van der Waals surface area contributed by atoms with Gasteiger partial charge >= 0.3 is 18.1 Å². The molecular weight excluding hydrogens is 550 g/mol. The number of piperidine rings is 1. The van der Waals surface area contributed by atoms with Gasteiger partial charge in [-0.2, -0.15) is 5.06 Å². The van der Waals surface area contributed by atoms with E-state index in [9.17, 15) is 19.5 Å². The standard InChI is InChI=1S/C34H47NO8/c1-7-9-15-24(8-2)22-40-32(39)41-23-29(25-16-11-10-12-17-25)43-35-33(3,4)20-26(21-34(35,5)6)42-31(38)28-19-14-13-18-27(28)30(36)37/h10-14,16-19,24,26,29H,7-9,15,20-23H2,1-6H3,(H,36,37). The van der Waals surface area contributed by atoms with Crippen molar-refractivity contribution < 1.29 is 38.5 Å². The van der Waals surface area contributed by atoms with Crippen molar-refractivity contribution >= 4 is 18.1 Å². The predicted molar refractivity (Wildman–Crippen MR) is 163 cm³/mol. The highest BCUT2D eigenvalue weighted by molar-refractivity contribution is 6.02. The lowest BCUT2D eigenvalue weighted by molar-refractivity contribution is -0.320. The molecule has 1 heterocycles. The Bertz CT molecular complexity index is 1190. The van der Waals surface area contributed by atoms with E-state index in [-0.39, 0.29) is 17.7 Å². The van der Waals surface area contributed by atoms with Gasteiger partial charge in [0.15, 0.2) is 0 Å². The number of carboxylic acid groups (broad SMARTS) is 1. The van der Waals surface area contributed by atoms with Gasteiger partial charge in [-0.25, -0.2) is 14.4 Å². The summed E-state index contributed by atoms with van der Waals surface area (Å²) in [6.45, 7) is 12.5. The summed E-state index contributed by atoms with van der Waals surface area (Å²) in [5.41, 5.74) is -0.425. The Kier molecular flexibility index (Phi) is 12.2. The summed E-state index contributed by atoms with van der Waals surface area (Å²) in [5, 5.41) is 11.4. The molecule has 2 unspecified atom stereocenters. The molecular formula is C34H47NO8. The van der Waals surface area contributed by atoms with Crippen molar-refractivity contribution in [3.8, 4) is 0 Å². The van der Waals surface area contributed by atoms with Gasteiger partial charge in [-0.1, -0.05) is 75.6 Å². The number of carbonyl (C=O) groups is 3. The van der Waals surface area contributed by atoms with Gasteiger partial charge in [-0.05, 0) is 57.7 Å². The van der Waals surface area contributed by atoms with Crippen LogP contribution in [-0.4, -0.2) is 58.7 Å². The van der Waals surface area contributed by atoms with Crippen LogP contribution in [0.15, 0.2) is 54.6 Å². The molecule has 9 nitrogen and oxygen atoms in total. The van der Waals surface area contributed by atoms with Crippen molar-refractivity contribution in [2.24, 2.45) is 5.92 Å². The van der Waals surface area contributed by atoms with Crippen LogP contribution in [0.4, 0.5) is 4.79 Å². The van der Waals surface area contributed by atoms with Crippen LogP contribution in [0.3, 0.4) is 0 Å². The molecule has 1 aliphatic heterocycles. The van der Waals surface area contributed by atoms with E-state index in [1.807, 2.05) is 63.1 Å². The number of unbranched alkanes of at least 4 members (excludes halogenated alkanes) is 1. The normalized spacial score (nSPS) is 17.9. The minimum absolute atomic E-state index is 0.0214. The zero-order chi connectivity index (χ0) is 31.6. The molecule has 0 spiro atoms. The Labute approximate surface area is 255 Å². The van der Waals surface area contributed by atoms with Crippen LogP contribution in [0, 0.1) is 5.92 Å². The van der Waals surface area contributed by atoms with Gasteiger partial charge in [0.25, 0.3) is 0 Å². The molecule has 43 heavy (non-hydrogen) atoms. The van der Waals surface area contributed by atoms with E-state index in [0.717, 1.165) is 31.2 Å². The fourth-order valence-corrected chi connectivity index (χ4v) is 5.85. The summed E-state index contributed by atoms with van der Waals surface area (Å²) in [5.74, 6) is -1.54. The Morgan fingerprint density at radius 3 is 2.05 bits per heavy atom. The van der Waals surface area contributed by atoms with Crippen molar-refractivity contribution in [3.05, 3.63) is 71.3 Å². The van der Waals surface area contributed by atoms with Crippen molar-refractivity contribution in [2.75, 3.05) is 13.2 Å². The van der Waals surface area contributed by atoms with Crippen molar-refractivity contribution in [3.63, 3.8) is 0 Å². The quantitative estimate of drug-likeness (QED) is 0.220. The third-order valence-corrected chi connectivity index (χ3v) is 7.94. The number of hydroxylamine groups is 2. The average Bonchev–Trinajstić information content (AvgIpc) is 2.96. The highest BCUT2D eigenvalue weighted by atomic mass is 16.7. The van der Waals surface area contributed by atoms with Gasteiger partial charge in [0.1, 0.15) is 18.8 Å². The smallest absolute Gasteiger partial charge is 0.478 e. The predicted octanol–water partition coefficient (Wildman–Crippen LogP) is 7.61. The van der Waals surface area contributed by atoms with E-state index in [2.05, 4.69) is 13.8 Å². The fraction of sp³-hybridized carbons (Fsp3) is 0.559. The van der Waals surface area contributed by atoms with Gasteiger partial charge in [0.05, 0.1) is 17.7 Å². The van der Waals surface area contributed by atoms with Crippen molar-refractivity contribution in [1.82, 2.24) is 5.06 Å². The van der Waals surface area contributed by atoms with Crippen LogP contribution >= 0.6 is 0 Å². The molecule has 0 saturated carbocycles. The average molecular weight is 598 g/mol. The maximum Gasteiger partial charge on any atom is 0.508 e. The number of hydrogen-bond acceptors (Lipinski definition) is 8. The van der Waals surface area contributed by atoms with Gasteiger partial charge in [-0.3, -0.25) is 4.84 Å². The lowest BCUT2D eigenvalue weighted by atomic mass is 9.80. The lowest BCUT2D eigenvalue weighted by Crippen LogP contribution is -2.62. The molecule has 0 amide bonds. The second-order valence-electron chi connectivity index (χ2n) is 12.5. The fourth-order valence-electron chi connectivity index (χ4n) is 5.85. The van der Waals surface area contributed by atoms with E-state index in [0.29, 0.717) is 25.4 Å². The zero-order valence-electron chi connectivity index (χ0n) is 26.3. The van der Waals surface area contributed by atoms with Crippen LogP contribution in [0.5, 0.6) is 0 Å². The molecule has 1 N–H and O–H groups in total. The number of esters is 1. The number of carboxylic acids is 1. The molecule has 2 aromatic carbocycles. The Balaban J connectivity index is 1.70. The first-order chi connectivity index (χ1) is 20.4. The minimum atomic E-state index is -1.18. The van der Waals surface area contributed by atoms with Crippen LogP contribution in [0.1, 0.15) is 112 Å². The van der Waals surface area contributed by atoms with Crippen LogP contribution in [0.25, 0.3) is 0 Å². The molecule has 1 aliphatic rings. The van der Waals surface area contributed by atoms with Gasteiger partial charge in [0, 0.05) is 23.9 Å². The van der Waals surface area contributed by atoms with Crippen LogP contribution < -0.4 is 0 Å². The number of carbonyl (C=O) groups excluding carboxylic acids is 2. The first-order valence-electron chi connectivity index (χ1n) is 15.2. The summed E-state index contributed by atoms with van der Waals surface area (Å²) in [6.07, 6.45) is 3.24. The lowest BCUT2D eigenvalue weighted by Gasteiger charge is -2.54. The number of benzene rings is 2. The molecule has 0 aliphatic carbocycles. The Morgan fingerprint density at radius 2 is 1.47 bits per heavy atom. The summed E-state index contributed by atoms with van der Waals surface area (Å²) in [6, 6.07) is 15.6. The number of nitrogens with zero attached hydrogens (tertiary/aromatic N) is 1. The van der Waals surface area contributed by atoms with Crippen molar-refractivity contribution in [1.29, 1.82) is 0 Å². The Morgan fingerprint density at radius 1 is 0.884 bits per heavy atom. The molecule has 3 rings (SSSR count). The number of rotatable bonds is 14. The number of hydrogen-bond donors (Lipinski definition) is 1. The first-order valence-corrected chi connectivity index (χ1v) is 15.2. The largest absolute Gasteiger partial charge is 0.508 e. The van der Waals surface area contributed by atoms with Gasteiger partial charge in [-0.15, -0.1) is 0 Å². The Hall–Kier alpha value is -3.43. The second kappa shape index (κ2) is 15.3. The molecule has 0 bridgehead atoms. The van der Waals surface area contributed by atoms with E-state index in [4.69, 9.17) is 19.0 Å². The number of ether oxygens (including phenoxy) is 3. The monoisotopic (exact) mass is 597 g/mol. The second-order valence-corrected chi connectivity index (χ2v) is 12.5. The van der Waals surface area contributed by atoms with E-state index in [1.54, 1.807) is 12.1 Å². The molecule has 1 fully saturated rings. The zero-order valence-corrected chi connectivity index (χ0v) is 26.3. The maximum atomic E-state index is 13.0. The van der Waals surface area contributed by atoms with E-state index >= 15 is 0 Å².